The minimum Gasteiger partial charge on any atom is -0.478 e. The van der Waals surface area contributed by atoms with Crippen LogP contribution in [0.5, 0.6) is 0 Å². The van der Waals surface area contributed by atoms with Gasteiger partial charge in [-0.1, -0.05) is 23.8 Å². The molecule has 0 heterocycles. The highest BCUT2D eigenvalue weighted by Crippen LogP contribution is 2.19. The van der Waals surface area contributed by atoms with Crippen LogP contribution in [0.15, 0.2) is 30.4 Å². The Kier molecular flexibility index (Phi) is 5.89. The quantitative estimate of drug-likeness (QED) is 0.573. The first-order valence-corrected chi connectivity index (χ1v) is 6.10. The fourth-order valence-corrected chi connectivity index (χ4v) is 1.63. The van der Waals surface area contributed by atoms with E-state index in [2.05, 4.69) is 10.6 Å². The summed E-state index contributed by atoms with van der Waals surface area (Å²) in [6.07, 6.45) is 4.57. The summed E-state index contributed by atoms with van der Waals surface area (Å²) in [4.78, 5) is 22.4. The molecule has 0 unspecified atom stereocenters. The standard InChI is InChI=1S/C13H15ClN2O3/c1-2-3-4-5-15-13(19)16-11-7-9(12(17)18)6-10(14)8-11/h2-3,6-8H,4-5H2,1H3,(H,17,18)(H2,15,16,19)/b3-2+. The monoisotopic (exact) mass is 282 g/mol. The second-order valence-electron chi connectivity index (χ2n) is 3.77. The minimum absolute atomic E-state index is 0.0247. The summed E-state index contributed by atoms with van der Waals surface area (Å²) in [5.41, 5.74) is 0.366. The summed E-state index contributed by atoms with van der Waals surface area (Å²) in [6.45, 7) is 2.40. The van der Waals surface area contributed by atoms with E-state index < -0.39 is 12.0 Å². The van der Waals surface area contributed by atoms with Gasteiger partial charge in [-0.25, -0.2) is 9.59 Å². The number of allylic oxidation sites excluding steroid dienone is 1. The maximum atomic E-state index is 11.5. The molecule has 6 heteroatoms. The lowest BCUT2D eigenvalue weighted by atomic mass is 10.2. The minimum atomic E-state index is -1.10. The van der Waals surface area contributed by atoms with Crippen molar-refractivity contribution < 1.29 is 14.7 Å². The van der Waals surface area contributed by atoms with Crippen LogP contribution in [0.1, 0.15) is 23.7 Å². The number of amides is 2. The van der Waals surface area contributed by atoms with Crippen molar-refractivity contribution in [3.8, 4) is 0 Å². The third-order valence-corrected chi connectivity index (χ3v) is 2.45. The third kappa shape index (κ3) is 5.44. The molecule has 0 bridgehead atoms. The molecule has 1 aromatic rings. The van der Waals surface area contributed by atoms with Crippen molar-refractivity contribution in [3.63, 3.8) is 0 Å². The second-order valence-corrected chi connectivity index (χ2v) is 4.21. The van der Waals surface area contributed by atoms with E-state index in [9.17, 15) is 9.59 Å². The number of carboxylic acid groups (broad SMARTS) is 1. The highest BCUT2D eigenvalue weighted by Gasteiger charge is 2.08. The molecule has 0 fully saturated rings. The Bertz CT molecular complexity index is 501. The number of halogens is 1. The van der Waals surface area contributed by atoms with Crippen molar-refractivity contribution in [3.05, 3.63) is 40.9 Å². The van der Waals surface area contributed by atoms with E-state index in [4.69, 9.17) is 16.7 Å². The van der Waals surface area contributed by atoms with Crippen molar-refractivity contribution in [1.82, 2.24) is 5.32 Å². The highest BCUT2D eigenvalue weighted by atomic mass is 35.5. The number of nitrogens with one attached hydrogen (secondary N) is 2. The van der Waals surface area contributed by atoms with Crippen LogP contribution in [0.2, 0.25) is 5.02 Å². The van der Waals surface area contributed by atoms with E-state index in [1.54, 1.807) is 0 Å². The summed E-state index contributed by atoms with van der Waals surface area (Å²) < 4.78 is 0. The molecule has 0 aliphatic carbocycles. The molecule has 2 amide bonds. The lowest BCUT2D eigenvalue weighted by molar-refractivity contribution is 0.0697. The zero-order chi connectivity index (χ0) is 14.3. The zero-order valence-corrected chi connectivity index (χ0v) is 11.2. The van der Waals surface area contributed by atoms with Crippen LogP contribution in [0.3, 0.4) is 0 Å². The van der Waals surface area contributed by atoms with E-state index >= 15 is 0 Å². The smallest absolute Gasteiger partial charge is 0.335 e. The predicted octanol–water partition coefficient (Wildman–Crippen LogP) is 3.13. The number of urea groups is 1. The molecule has 5 nitrogen and oxygen atoms in total. The molecule has 0 atom stereocenters. The SMILES string of the molecule is C/C=C/CCNC(=O)Nc1cc(Cl)cc(C(=O)O)c1. The molecule has 102 valence electrons. The Morgan fingerprint density at radius 1 is 1.37 bits per heavy atom. The van der Waals surface area contributed by atoms with Gasteiger partial charge in [0.2, 0.25) is 0 Å². The number of benzene rings is 1. The number of anilines is 1. The van der Waals surface area contributed by atoms with Gasteiger partial charge in [0, 0.05) is 17.3 Å². The van der Waals surface area contributed by atoms with Crippen molar-refractivity contribution in [1.29, 1.82) is 0 Å². The van der Waals surface area contributed by atoms with E-state index in [1.807, 2.05) is 19.1 Å². The first kappa shape index (κ1) is 15.0. The van der Waals surface area contributed by atoms with Crippen LogP contribution in [-0.2, 0) is 0 Å². The highest BCUT2D eigenvalue weighted by molar-refractivity contribution is 6.31. The molecule has 0 aromatic heterocycles. The van der Waals surface area contributed by atoms with Gasteiger partial charge in [-0.3, -0.25) is 0 Å². The van der Waals surface area contributed by atoms with Crippen molar-refractivity contribution in [2.24, 2.45) is 0 Å². The van der Waals surface area contributed by atoms with Gasteiger partial charge in [-0.2, -0.15) is 0 Å². The van der Waals surface area contributed by atoms with Crippen LogP contribution in [-0.4, -0.2) is 23.7 Å². The molecule has 1 aromatic carbocycles. The van der Waals surface area contributed by atoms with Gasteiger partial charge in [0.25, 0.3) is 0 Å². The number of carbonyl (C=O) groups excluding carboxylic acids is 1. The fourth-order valence-electron chi connectivity index (χ4n) is 1.40. The Morgan fingerprint density at radius 2 is 2.11 bits per heavy atom. The second kappa shape index (κ2) is 7.43. The first-order valence-electron chi connectivity index (χ1n) is 5.73. The lowest BCUT2D eigenvalue weighted by Gasteiger charge is -2.08. The summed E-state index contributed by atoms with van der Waals surface area (Å²) in [5.74, 6) is -1.10. The lowest BCUT2D eigenvalue weighted by Crippen LogP contribution is -2.29. The van der Waals surface area contributed by atoms with Gasteiger partial charge < -0.3 is 15.7 Å². The fraction of sp³-hybridized carbons (Fsp3) is 0.231. The molecule has 0 saturated carbocycles. The molecule has 0 spiro atoms. The Labute approximate surface area is 116 Å². The predicted molar refractivity (Wildman–Crippen MR) is 74.9 cm³/mol. The molecule has 1 rings (SSSR count). The topological polar surface area (TPSA) is 78.4 Å². The van der Waals surface area contributed by atoms with Gasteiger partial charge in [0.05, 0.1) is 5.56 Å². The van der Waals surface area contributed by atoms with Crippen molar-refractivity contribution >= 4 is 29.3 Å². The van der Waals surface area contributed by atoms with Crippen LogP contribution in [0.25, 0.3) is 0 Å². The number of hydrogen-bond acceptors (Lipinski definition) is 2. The average Bonchev–Trinajstić information content (AvgIpc) is 2.34. The largest absolute Gasteiger partial charge is 0.478 e. The van der Waals surface area contributed by atoms with E-state index in [0.717, 1.165) is 6.42 Å². The normalized spacial score (nSPS) is 10.4. The number of hydrogen-bond donors (Lipinski definition) is 3. The molecule has 0 aliphatic heterocycles. The maximum Gasteiger partial charge on any atom is 0.335 e. The number of aromatic carboxylic acids is 1. The van der Waals surface area contributed by atoms with Gasteiger partial charge in [0.1, 0.15) is 0 Å². The number of carbonyl (C=O) groups is 2. The van der Waals surface area contributed by atoms with E-state index in [1.165, 1.54) is 18.2 Å². The third-order valence-electron chi connectivity index (χ3n) is 2.23. The molecule has 19 heavy (non-hydrogen) atoms. The summed E-state index contributed by atoms with van der Waals surface area (Å²) in [5, 5.41) is 14.3. The summed E-state index contributed by atoms with van der Waals surface area (Å²) >= 11 is 5.78. The Morgan fingerprint density at radius 3 is 2.74 bits per heavy atom. The van der Waals surface area contributed by atoms with Crippen LogP contribution < -0.4 is 10.6 Å². The molecule has 3 N–H and O–H groups in total. The molecule has 0 aliphatic rings. The van der Waals surface area contributed by atoms with Gasteiger partial charge in [0.15, 0.2) is 0 Å². The van der Waals surface area contributed by atoms with Crippen molar-refractivity contribution in [2.75, 3.05) is 11.9 Å². The summed E-state index contributed by atoms with van der Waals surface area (Å²) in [6, 6.07) is 3.75. The first-order chi connectivity index (χ1) is 9.02. The van der Waals surface area contributed by atoms with E-state index in [-0.39, 0.29) is 10.6 Å². The van der Waals surface area contributed by atoms with Gasteiger partial charge in [-0.15, -0.1) is 0 Å². The average molecular weight is 283 g/mol. The molecular weight excluding hydrogens is 268 g/mol. The Balaban J connectivity index is 2.61. The van der Waals surface area contributed by atoms with Gasteiger partial charge >= 0.3 is 12.0 Å². The zero-order valence-electron chi connectivity index (χ0n) is 10.4. The van der Waals surface area contributed by atoms with Crippen LogP contribution in [0, 0.1) is 0 Å². The molecular formula is C13H15ClN2O3. The van der Waals surface area contributed by atoms with Gasteiger partial charge in [-0.05, 0) is 31.5 Å². The van der Waals surface area contributed by atoms with E-state index in [0.29, 0.717) is 12.2 Å². The molecule has 0 radical (unpaired) electrons. The number of carboxylic acids is 1. The Hall–Kier alpha value is -2.01. The summed E-state index contributed by atoms with van der Waals surface area (Å²) in [7, 11) is 0. The van der Waals surface area contributed by atoms with Crippen LogP contribution in [0.4, 0.5) is 10.5 Å². The van der Waals surface area contributed by atoms with Crippen molar-refractivity contribution in [2.45, 2.75) is 13.3 Å². The maximum absolute atomic E-state index is 11.5. The number of rotatable bonds is 5. The van der Waals surface area contributed by atoms with Crippen LogP contribution >= 0.6 is 11.6 Å². The molecule has 0 saturated heterocycles.